The molecule has 0 aromatic heterocycles. The van der Waals surface area contributed by atoms with Crippen molar-refractivity contribution in [2.24, 2.45) is 0 Å². The fraction of sp³-hybridized carbons (Fsp3) is 0.355. The molecule has 0 aliphatic carbocycles. The first-order valence-electron chi connectivity index (χ1n) is 14.1. The fourth-order valence-corrected chi connectivity index (χ4v) is 6.61. The van der Waals surface area contributed by atoms with Crippen LogP contribution in [-0.2, 0) is 32.3 Å². The van der Waals surface area contributed by atoms with Gasteiger partial charge >= 0.3 is 6.18 Å². The van der Waals surface area contributed by atoms with Crippen LogP contribution in [0.5, 0.6) is 0 Å². The van der Waals surface area contributed by atoms with E-state index < -0.39 is 56.9 Å². The summed E-state index contributed by atoms with van der Waals surface area (Å²) in [6.45, 7) is 4.59. The topological polar surface area (TPSA) is 86.8 Å². The van der Waals surface area contributed by atoms with E-state index in [-0.39, 0.29) is 22.9 Å². The Morgan fingerprint density at radius 2 is 1.60 bits per heavy atom. The number of benzene rings is 3. The summed E-state index contributed by atoms with van der Waals surface area (Å²) >= 11 is 18.3. The number of carbonyl (C=O) groups excluding carboxylic acids is 2. The van der Waals surface area contributed by atoms with Crippen LogP contribution < -0.4 is 9.62 Å². The quantitative estimate of drug-likeness (QED) is 0.183. The van der Waals surface area contributed by atoms with E-state index in [9.17, 15) is 31.2 Å². The SMILES string of the molecule is CCCCNC(=O)[C@H](CC)N(Cc1ccc(Cl)cc1Cl)C(=O)CN(c1ccc(Cl)c(C(F)(F)F)c1)S(=O)(=O)c1ccc(C)cc1. The van der Waals surface area contributed by atoms with E-state index in [1.54, 1.807) is 26.0 Å². The van der Waals surface area contributed by atoms with Crippen LogP contribution in [-0.4, -0.2) is 44.3 Å². The summed E-state index contributed by atoms with van der Waals surface area (Å²) in [4.78, 5) is 28.4. The van der Waals surface area contributed by atoms with E-state index in [1.807, 2.05) is 6.92 Å². The van der Waals surface area contributed by atoms with Gasteiger partial charge in [-0.05, 0) is 67.8 Å². The number of unbranched alkanes of at least 4 members (excludes halogenated alkanes) is 1. The molecule has 14 heteroatoms. The van der Waals surface area contributed by atoms with Gasteiger partial charge in [0.05, 0.1) is 21.2 Å². The smallest absolute Gasteiger partial charge is 0.354 e. The van der Waals surface area contributed by atoms with Crippen LogP contribution in [0.1, 0.15) is 49.8 Å². The summed E-state index contributed by atoms with van der Waals surface area (Å²) in [5.74, 6) is -1.32. The summed E-state index contributed by atoms with van der Waals surface area (Å²) in [5.41, 5.74) is -0.545. The minimum Gasteiger partial charge on any atom is -0.354 e. The van der Waals surface area contributed by atoms with Gasteiger partial charge in [-0.1, -0.05) is 78.8 Å². The number of carbonyl (C=O) groups is 2. The van der Waals surface area contributed by atoms with Gasteiger partial charge in [-0.2, -0.15) is 13.2 Å². The number of hydrogen-bond acceptors (Lipinski definition) is 4. The monoisotopic (exact) mass is 705 g/mol. The highest BCUT2D eigenvalue weighted by molar-refractivity contribution is 7.92. The highest BCUT2D eigenvalue weighted by Gasteiger charge is 2.37. The summed E-state index contributed by atoms with van der Waals surface area (Å²) in [5, 5.41) is 2.70. The summed E-state index contributed by atoms with van der Waals surface area (Å²) < 4.78 is 70.0. The molecular weight excluding hydrogens is 674 g/mol. The third kappa shape index (κ3) is 9.28. The van der Waals surface area contributed by atoms with Crippen molar-refractivity contribution in [2.75, 3.05) is 17.4 Å². The minimum atomic E-state index is -4.91. The van der Waals surface area contributed by atoms with Crippen LogP contribution >= 0.6 is 34.8 Å². The average Bonchev–Trinajstić information content (AvgIpc) is 2.97. The Kier molecular flexibility index (Phi) is 12.6. The molecule has 0 saturated heterocycles. The van der Waals surface area contributed by atoms with Crippen LogP contribution in [0.3, 0.4) is 0 Å². The molecule has 0 radical (unpaired) electrons. The molecule has 244 valence electrons. The van der Waals surface area contributed by atoms with Crippen molar-refractivity contribution in [3.63, 3.8) is 0 Å². The molecule has 0 bridgehead atoms. The largest absolute Gasteiger partial charge is 0.417 e. The lowest BCUT2D eigenvalue weighted by molar-refractivity contribution is -0.140. The average molecular weight is 707 g/mol. The van der Waals surface area contributed by atoms with Crippen molar-refractivity contribution in [3.8, 4) is 0 Å². The second-order valence-electron chi connectivity index (χ2n) is 10.3. The number of hydrogen-bond donors (Lipinski definition) is 1. The Hall–Kier alpha value is -2.99. The molecule has 0 fully saturated rings. The molecule has 1 N–H and O–H groups in total. The third-order valence-electron chi connectivity index (χ3n) is 7.00. The molecule has 0 saturated carbocycles. The maximum absolute atomic E-state index is 14.1. The van der Waals surface area contributed by atoms with Crippen molar-refractivity contribution in [2.45, 2.75) is 63.7 Å². The number of alkyl halides is 3. The lowest BCUT2D eigenvalue weighted by atomic mass is 10.1. The number of nitrogens with one attached hydrogen (secondary N) is 1. The van der Waals surface area contributed by atoms with Crippen molar-refractivity contribution in [1.29, 1.82) is 0 Å². The van der Waals surface area contributed by atoms with Gasteiger partial charge in [-0.15, -0.1) is 0 Å². The lowest BCUT2D eigenvalue weighted by Gasteiger charge is -2.33. The number of aryl methyl sites for hydroxylation is 1. The third-order valence-corrected chi connectivity index (χ3v) is 9.71. The standard InChI is InChI=1S/C31H33Cl3F3N3O4S/c1-4-6-15-38-30(42)28(5-2)39(18-21-9-10-22(32)16-27(21)34)29(41)19-40(45(43,44)24-12-7-20(3)8-13-24)23-11-14-26(33)25(17-23)31(35,36)37/h7-14,16-17,28H,4-6,15,18-19H2,1-3H3,(H,38,42)/t28-/m0/s1. The maximum atomic E-state index is 14.1. The Morgan fingerprint density at radius 3 is 2.18 bits per heavy atom. The van der Waals surface area contributed by atoms with Gasteiger partial charge in [0, 0.05) is 23.1 Å². The molecule has 0 aliphatic heterocycles. The molecule has 0 heterocycles. The predicted octanol–water partition coefficient (Wildman–Crippen LogP) is 7.89. The van der Waals surface area contributed by atoms with E-state index in [1.165, 1.54) is 35.2 Å². The van der Waals surface area contributed by atoms with Crippen LogP contribution in [0.4, 0.5) is 18.9 Å². The van der Waals surface area contributed by atoms with E-state index >= 15 is 0 Å². The summed E-state index contributed by atoms with van der Waals surface area (Å²) in [6, 6.07) is 11.8. The van der Waals surface area contributed by atoms with Gasteiger partial charge in [0.1, 0.15) is 12.6 Å². The van der Waals surface area contributed by atoms with Gasteiger partial charge in [-0.25, -0.2) is 8.42 Å². The number of rotatable bonds is 13. The zero-order chi connectivity index (χ0) is 33.5. The molecular formula is C31H33Cl3F3N3O4S. The highest BCUT2D eigenvalue weighted by atomic mass is 35.5. The molecule has 3 rings (SSSR count). The van der Waals surface area contributed by atoms with Gasteiger partial charge in [0.25, 0.3) is 10.0 Å². The molecule has 0 spiro atoms. The molecule has 1 atom stereocenters. The number of sulfonamides is 1. The first-order valence-corrected chi connectivity index (χ1v) is 16.6. The molecule has 0 unspecified atom stereocenters. The van der Waals surface area contributed by atoms with Gasteiger partial charge in [0.15, 0.2) is 0 Å². The van der Waals surface area contributed by atoms with E-state index in [2.05, 4.69) is 5.32 Å². The number of nitrogens with zero attached hydrogens (tertiary/aromatic N) is 2. The molecule has 2 amide bonds. The second kappa shape index (κ2) is 15.5. The van der Waals surface area contributed by atoms with Gasteiger partial charge in [0.2, 0.25) is 11.8 Å². The summed E-state index contributed by atoms with van der Waals surface area (Å²) in [6.07, 6.45) is -3.25. The molecule has 3 aromatic carbocycles. The Morgan fingerprint density at radius 1 is 0.933 bits per heavy atom. The van der Waals surface area contributed by atoms with Crippen molar-refractivity contribution < 1.29 is 31.2 Å². The Labute approximate surface area is 276 Å². The first kappa shape index (κ1) is 36.5. The minimum absolute atomic E-state index is 0.152. The Bertz CT molecular complexity index is 1620. The van der Waals surface area contributed by atoms with E-state index in [0.717, 1.165) is 24.1 Å². The van der Waals surface area contributed by atoms with Crippen molar-refractivity contribution in [3.05, 3.63) is 92.4 Å². The number of anilines is 1. The fourth-order valence-electron chi connectivity index (χ4n) is 4.51. The zero-order valence-corrected chi connectivity index (χ0v) is 27.9. The lowest BCUT2D eigenvalue weighted by Crippen LogP contribution is -2.52. The normalized spacial score (nSPS) is 12.5. The van der Waals surface area contributed by atoms with E-state index in [0.29, 0.717) is 33.9 Å². The predicted molar refractivity (Wildman–Crippen MR) is 171 cm³/mol. The Balaban J connectivity index is 2.15. The van der Waals surface area contributed by atoms with Crippen LogP contribution in [0, 0.1) is 6.92 Å². The maximum Gasteiger partial charge on any atom is 0.417 e. The van der Waals surface area contributed by atoms with Crippen LogP contribution in [0.2, 0.25) is 15.1 Å². The summed E-state index contributed by atoms with van der Waals surface area (Å²) in [7, 11) is -4.60. The number of halogens is 6. The van der Waals surface area contributed by atoms with E-state index in [4.69, 9.17) is 34.8 Å². The van der Waals surface area contributed by atoms with Crippen LogP contribution in [0.25, 0.3) is 0 Å². The number of amides is 2. The van der Waals surface area contributed by atoms with Crippen LogP contribution in [0.15, 0.2) is 65.6 Å². The zero-order valence-electron chi connectivity index (χ0n) is 24.8. The highest BCUT2D eigenvalue weighted by Crippen LogP contribution is 2.38. The molecule has 0 aliphatic rings. The van der Waals surface area contributed by atoms with Crippen molar-refractivity contribution in [1.82, 2.24) is 10.2 Å². The molecule has 7 nitrogen and oxygen atoms in total. The second-order valence-corrected chi connectivity index (χ2v) is 13.4. The van der Waals surface area contributed by atoms with Crippen molar-refractivity contribution >= 4 is 62.3 Å². The molecule has 3 aromatic rings. The first-order chi connectivity index (χ1) is 21.1. The van der Waals surface area contributed by atoms with Gasteiger partial charge < -0.3 is 10.2 Å². The molecule has 45 heavy (non-hydrogen) atoms. The van der Waals surface area contributed by atoms with Gasteiger partial charge in [-0.3, -0.25) is 13.9 Å².